The van der Waals surface area contributed by atoms with E-state index in [4.69, 9.17) is 15.5 Å². The fourth-order valence-electron chi connectivity index (χ4n) is 3.97. The van der Waals surface area contributed by atoms with Crippen molar-refractivity contribution in [3.05, 3.63) is 24.2 Å². The molecule has 0 aromatic carbocycles. The van der Waals surface area contributed by atoms with Gasteiger partial charge in [0.05, 0.1) is 18.7 Å². The van der Waals surface area contributed by atoms with Gasteiger partial charge in [-0.15, -0.1) is 0 Å². The number of aromatic nitrogens is 4. The van der Waals surface area contributed by atoms with Crippen molar-refractivity contribution in [1.29, 1.82) is 0 Å². The molecule has 8 heteroatoms. The zero-order valence-electron chi connectivity index (χ0n) is 16.9. The molecule has 0 spiro atoms. The summed E-state index contributed by atoms with van der Waals surface area (Å²) in [6.07, 6.45) is 6.06. The molecule has 0 saturated carbocycles. The van der Waals surface area contributed by atoms with Gasteiger partial charge in [-0.3, -0.25) is 9.78 Å². The number of carbonyl (C=O) groups is 1. The van der Waals surface area contributed by atoms with Gasteiger partial charge in [0.25, 0.3) is 0 Å². The van der Waals surface area contributed by atoms with Crippen LogP contribution in [0.2, 0.25) is 0 Å². The van der Waals surface area contributed by atoms with E-state index in [-0.39, 0.29) is 5.91 Å². The molecule has 0 bridgehead atoms. The van der Waals surface area contributed by atoms with Gasteiger partial charge < -0.3 is 19.9 Å². The predicted molar refractivity (Wildman–Crippen MR) is 112 cm³/mol. The summed E-state index contributed by atoms with van der Waals surface area (Å²) >= 11 is 0. The Bertz CT molecular complexity index is 1010. The van der Waals surface area contributed by atoms with Gasteiger partial charge in [-0.25, -0.2) is 9.97 Å². The molecule has 4 rings (SSSR count). The minimum Gasteiger partial charge on any atom is -0.382 e. The number of nitrogens with zero attached hydrogens (tertiary/aromatic N) is 5. The van der Waals surface area contributed by atoms with Crippen molar-refractivity contribution in [2.75, 3.05) is 32.0 Å². The van der Waals surface area contributed by atoms with Crippen molar-refractivity contribution in [2.24, 2.45) is 0 Å². The monoisotopic (exact) mass is 396 g/mol. The number of rotatable bonds is 7. The molecule has 1 fully saturated rings. The van der Waals surface area contributed by atoms with E-state index in [9.17, 15) is 4.79 Å². The van der Waals surface area contributed by atoms with E-state index in [1.54, 1.807) is 6.20 Å². The molecule has 0 atom stereocenters. The lowest BCUT2D eigenvalue weighted by Crippen LogP contribution is -2.40. The Kier molecular flexibility index (Phi) is 5.89. The van der Waals surface area contributed by atoms with Gasteiger partial charge in [0.15, 0.2) is 5.82 Å². The summed E-state index contributed by atoms with van der Waals surface area (Å²) in [5.74, 6) is 1.69. The van der Waals surface area contributed by atoms with Crippen LogP contribution in [-0.4, -0.2) is 56.6 Å². The highest BCUT2D eigenvalue weighted by atomic mass is 16.5. The molecule has 1 saturated heterocycles. The van der Waals surface area contributed by atoms with E-state index in [1.807, 2.05) is 17.0 Å². The molecule has 3 aromatic heterocycles. The van der Waals surface area contributed by atoms with E-state index in [2.05, 4.69) is 21.5 Å². The zero-order chi connectivity index (χ0) is 20.2. The highest BCUT2D eigenvalue weighted by Gasteiger charge is 2.18. The van der Waals surface area contributed by atoms with Crippen molar-refractivity contribution in [3.63, 3.8) is 0 Å². The van der Waals surface area contributed by atoms with Gasteiger partial charge in [0, 0.05) is 38.7 Å². The highest BCUT2D eigenvalue weighted by molar-refractivity contribution is 6.04. The van der Waals surface area contributed by atoms with E-state index < -0.39 is 0 Å². The molecule has 154 valence electrons. The third kappa shape index (κ3) is 4.03. The van der Waals surface area contributed by atoms with Crippen LogP contribution >= 0.6 is 0 Å². The van der Waals surface area contributed by atoms with Crippen LogP contribution in [0.15, 0.2) is 18.3 Å². The maximum atomic E-state index is 12.3. The molecule has 3 aromatic rings. The number of ether oxygens (including phenoxy) is 1. The standard InChI is InChI=1S/C21H28N6O2/c1-2-16-25-19-20(18-15(24-21(19)22)7-6-9-23-18)27(16)10-5-3-4-8-17(28)26-11-13-29-14-12-26/h6-7,9H,2-5,8,10-14H2,1H3,(H2,22,24). The van der Waals surface area contributed by atoms with Crippen molar-refractivity contribution in [2.45, 2.75) is 45.6 Å². The quantitative estimate of drug-likeness (QED) is 0.616. The Morgan fingerprint density at radius 3 is 2.79 bits per heavy atom. The Hall–Kier alpha value is -2.74. The maximum absolute atomic E-state index is 12.3. The molecule has 2 N–H and O–H groups in total. The largest absolute Gasteiger partial charge is 0.382 e. The van der Waals surface area contributed by atoms with Crippen LogP contribution in [0.3, 0.4) is 0 Å². The molecular formula is C21H28N6O2. The molecule has 29 heavy (non-hydrogen) atoms. The fourth-order valence-corrected chi connectivity index (χ4v) is 3.97. The van der Waals surface area contributed by atoms with E-state index in [0.717, 1.165) is 73.2 Å². The molecule has 4 heterocycles. The lowest BCUT2D eigenvalue weighted by Gasteiger charge is -2.26. The summed E-state index contributed by atoms with van der Waals surface area (Å²) in [5.41, 5.74) is 9.50. The Labute approximate surface area is 170 Å². The van der Waals surface area contributed by atoms with Crippen molar-refractivity contribution < 1.29 is 9.53 Å². The number of anilines is 1. The summed E-state index contributed by atoms with van der Waals surface area (Å²) in [5, 5.41) is 0. The van der Waals surface area contributed by atoms with Crippen molar-refractivity contribution in [1.82, 2.24) is 24.4 Å². The predicted octanol–water partition coefficient (Wildman–Crippen LogP) is 2.54. The molecule has 8 nitrogen and oxygen atoms in total. The zero-order valence-corrected chi connectivity index (χ0v) is 16.9. The van der Waals surface area contributed by atoms with Gasteiger partial charge in [-0.1, -0.05) is 13.3 Å². The second-order valence-electron chi connectivity index (χ2n) is 7.40. The van der Waals surface area contributed by atoms with Crippen molar-refractivity contribution >= 4 is 33.8 Å². The Balaban J connectivity index is 1.44. The van der Waals surface area contributed by atoms with Crippen LogP contribution < -0.4 is 5.73 Å². The first-order valence-corrected chi connectivity index (χ1v) is 10.4. The number of aryl methyl sites for hydroxylation is 2. The number of unbranched alkanes of at least 4 members (excludes halogenated alkanes) is 2. The van der Waals surface area contributed by atoms with Crippen LogP contribution in [0, 0.1) is 0 Å². The Morgan fingerprint density at radius 2 is 2.00 bits per heavy atom. The van der Waals surface area contributed by atoms with E-state index in [0.29, 0.717) is 25.5 Å². The fraction of sp³-hybridized carbons (Fsp3) is 0.524. The number of nitrogen functional groups attached to an aromatic ring is 1. The number of pyridine rings is 2. The number of hydrogen-bond donors (Lipinski definition) is 1. The first-order valence-electron chi connectivity index (χ1n) is 10.4. The molecule has 0 aliphatic carbocycles. The minimum atomic E-state index is 0.240. The summed E-state index contributed by atoms with van der Waals surface area (Å²) in [6, 6.07) is 3.80. The summed E-state index contributed by atoms with van der Waals surface area (Å²) in [4.78, 5) is 27.9. The number of nitrogens with two attached hydrogens (primary N) is 1. The van der Waals surface area contributed by atoms with Gasteiger partial charge >= 0.3 is 0 Å². The molecular weight excluding hydrogens is 368 g/mol. The molecule has 1 aliphatic rings. The van der Waals surface area contributed by atoms with E-state index >= 15 is 0 Å². The van der Waals surface area contributed by atoms with Gasteiger partial charge in [-0.2, -0.15) is 0 Å². The van der Waals surface area contributed by atoms with Gasteiger partial charge in [0.2, 0.25) is 5.91 Å². The average Bonchev–Trinajstić information content (AvgIpc) is 3.13. The third-order valence-corrected chi connectivity index (χ3v) is 5.49. The summed E-state index contributed by atoms with van der Waals surface area (Å²) in [7, 11) is 0. The smallest absolute Gasteiger partial charge is 0.222 e. The minimum absolute atomic E-state index is 0.240. The normalized spacial score (nSPS) is 14.7. The number of morpholine rings is 1. The molecule has 1 aliphatic heterocycles. The lowest BCUT2D eigenvalue weighted by molar-refractivity contribution is -0.135. The number of fused-ring (bicyclic) bond motifs is 3. The number of hydrogen-bond acceptors (Lipinski definition) is 6. The van der Waals surface area contributed by atoms with Crippen LogP contribution in [-0.2, 0) is 22.5 Å². The van der Waals surface area contributed by atoms with Crippen molar-refractivity contribution in [3.8, 4) is 0 Å². The van der Waals surface area contributed by atoms with E-state index in [1.165, 1.54) is 0 Å². The highest BCUT2D eigenvalue weighted by Crippen LogP contribution is 2.28. The van der Waals surface area contributed by atoms with Crippen LogP contribution in [0.5, 0.6) is 0 Å². The maximum Gasteiger partial charge on any atom is 0.222 e. The SMILES string of the molecule is CCc1nc2c(N)nc3cccnc3c2n1CCCCCC(=O)N1CCOCC1. The number of amides is 1. The summed E-state index contributed by atoms with van der Waals surface area (Å²) < 4.78 is 7.54. The second kappa shape index (κ2) is 8.73. The third-order valence-electron chi connectivity index (χ3n) is 5.49. The lowest BCUT2D eigenvalue weighted by atomic mass is 10.1. The van der Waals surface area contributed by atoms with Crippen LogP contribution in [0.4, 0.5) is 5.82 Å². The number of carbonyl (C=O) groups excluding carboxylic acids is 1. The Morgan fingerprint density at radius 1 is 1.17 bits per heavy atom. The first-order chi connectivity index (χ1) is 14.2. The van der Waals surface area contributed by atoms with Crippen LogP contribution in [0.25, 0.3) is 22.1 Å². The van der Waals surface area contributed by atoms with Crippen LogP contribution in [0.1, 0.15) is 38.4 Å². The average molecular weight is 396 g/mol. The second-order valence-corrected chi connectivity index (χ2v) is 7.40. The number of imidazole rings is 1. The van der Waals surface area contributed by atoms with Gasteiger partial charge in [-0.05, 0) is 25.0 Å². The first kappa shape index (κ1) is 19.6. The molecule has 0 unspecified atom stereocenters. The molecule has 1 amide bonds. The summed E-state index contributed by atoms with van der Waals surface area (Å²) in [6.45, 7) is 5.67. The molecule has 0 radical (unpaired) electrons. The van der Waals surface area contributed by atoms with Gasteiger partial charge in [0.1, 0.15) is 22.4 Å². The topological polar surface area (TPSA) is 99.2 Å².